The van der Waals surface area contributed by atoms with Gasteiger partial charge in [0.2, 0.25) is 5.91 Å². The van der Waals surface area contributed by atoms with E-state index in [0.717, 1.165) is 18.4 Å². The molecule has 1 rings (SSSR count). The van der Waals surface area contributed by atoms with E-state index in [1.54, 1.807) is 12.1 Å². The number of hydrazine groups is 1. The van der Waals surface area contributed by atoms with Crippen molar-refractivity contribution in [3.05, 3.63) is 33.9 Å². The molecule has 1 aromatic rings. The second-order valence-corrected chi connectivity index (χ2v) is 4.45. The van der Waals surface area contributed by atoms with Crippen LogP contribution in [0.4, 0.5) is 5.69 Å². The molecule has 0 saturated heterocycles. The summed E-state index contributed by atoms with van der Waals surface area (Å²) >= 11 is 0. The predicted molar refractivity (Wildman–Crippen MR) is 74.1 cm³/mol. The fourth-order valence-electron chi connectivity index (χ4n) is 1.71. The van der Waals surface area contributed by atoms with Gasteiger partial charge >= 0.3 is 5.69 Å². The molecule has 0 aliphatic rings. The number of amides is 1. The fraction of sp³-hybridized carbons (Fsp3) is 0.462. The molecule has 0 bridgehead atoms. The van der Waals surface area contributed by atoms with Crippen molar-refractivity contribution in [2.45, 2.75) is 32.6 Å². The minimum atomic E-state index is -0.458. The summed E-state index contributed by atoms with van der Waals surface area (Å²) < 4.78 is 5.45. The molecule has 0 saturated carbocycles. The Labute approximate surface area is 117 Å². The van der Waals surface area contributed by atoms with E-state index in [2.05, 4.69) is 5.43 Å². The summed E-state index contributed by atoms with van der Waals surface area (Å²) in [5, 5.41) is 10.8. The van der Waals surface area contributed by atoms with Crippen LogP contribution in [0.1, 0.15) is 31.2 Å². The molecule has 20 heavy (non-hydrogen) atoms. The number of nitrogens with zero attached hydrogens (tertiary/aromatic N) is 1. The Morgan fingerprint density at radius 1 is 1.40 bits per heavy atom. The number of ether oxygens (including phenoxy) is 1. The predicted octanol–water partition coefficient (Wildman–Crippen LogP) is 1.83. The lowest BCUT2D eigenvalue weighted by Gasteiger charge is -2.07. The number of benzene rings is 1. The summed E-state index contributed by atoms with van der Waals surface area (Å²) in [7, 11) is 0. The number of aryl methyl sites for hydroxylation is 1. The van der Waals surface area contributed by atoms with E-state index in [1.165, 1.54) is 6.07 Å². The van der Waals surface area contributed by atoms with Gasteiger partial charge in [-0.15, -0.1) is 0 Å². The van der Waals surface area contributed by atoms with Gasteiger partial charge in [-0.05, 0) is 37.8 Å². The molecular formula is C13H19N3O4. The summed E-state index contributed by atoms with van der Waals surface area (Å²) in [6.45, 7) is 2.23. The molecule has 3 N–H and O–H groups in total. The molecule has 0 unspecified atom stereocenters. The summed E-state index contributed by atoms with van der Waals surface area (Å²) in [5.74, 6) is 5.05. The first-order valence-electron chi connectivity index (χ1n) is 6.42. The van der Waals surface area contributed by atoms with Crippen LogP contribution in [0.5, 0.6) is 5.75 Å². The maximum atomic E-state index is 10.9. The lowest BCUT2D eigenvalue weighted by Crippen LogP contribution is -2.29. The third-order valence-electron chi connectivity index (χ3n) is 2.78. The zero-order valence-electron chi connectivity index (χ0n) is 11.4. The summed E-state index contributed by atoms with van der Waals surface area (Å²) in [6, 6.07) is 4.77. The standard InChI is InChI=1S/C13H19N3O4/c1-10-6-7-11(16(18)19)12(9-10)20-8-4-2-3-5-13(17)15-14/h6-7,9H,2-5,8,14H2,1H3,(H,15,17). The second kappa shape index (κ2) is 8.11. The highest BCUT2D eigenvalue weighted by Gasteiger charge is 2.14. The Morgan fingerprint density at radius 2 is 2.15 bits per heavy atom. The van der Waals surface area contributed by atoms with Gasteiger partial charge in [0.25, 0.3) is 0 Å². The maximum absolute atomic E-state index is 10.9. The number of hydrogen-bond acceptors (Lipinski definition) is 5. The van der Waals surface area contributed by atoms with E-state index in [-0.39, 0.29) is 17.3 Å². The Hall–Kier alpha value is -2.15. The summed E-state index contributed by atoms with van der Waals surface area (Å²) in [6.07, 6.45) is 2.61. The molecule has 0 aliphatic heterocycles. The highest BCUT2D eigenvalue weighted by atomic mass is 16.6. The molecule has 0 fully saturated rings. The monoisotopic (exact) mass is 281 g/mol. The third kappa shape index (κ3) is 5.23. The molecule has 1 amide bonds. The average molecular weight is 281 g/mol. The van der Waals surface area contributed by atoms with Crippen molar-refractivity contribution >= 4 is 11.6 Å². The zero-order chi connectivity index (χ0) is 15.0. The number of nitro groups is 1. The molecule has 110 valence electrons. The number of nitro benzene ring substituents is 1. The third-order valence-corrected chi connectivity index (χ3v) is 2.78. The number of hydrogen-bond donors (Lipinski definition) is 2. The normalized spacial score (nSPS) is 10.1. The smallest absolute Gasteiger partial charge is 0.310 e. The van der Waals surface area contributed by atoms with Crippen molar-refractivity contribution in [1.82, 2.24) is 5.43 Å². The Balaban J connectivity index is 2.36. The molecule has 0 heterocycles. The molecular weight excluding hydrogens is 262 g/mol. The molecule has 7 heteroatoms. The SMILES string of the molecule is Cc1ccc([N+](=O)[O-])c(OCCCCCC(=O)NN)c1. The summed E-state index contributed by atoms with van der Waals surface area (Å²) in [4.78, 5) is 21.3. The van der Waals surface area contributed by atoms with Gasteiger partial charge in [0.1, 0.15) is 0 Å². The van der Waals surface area contributed by atoms with Crippen molar-refractivity contribution in [2.24, 2.45) is 5.84 Å². The highest BCUT2D eigenvalue weighted by Crippen LogP contribution is 2.27. The molecule has 0 aromatic heterocycles. The van der Waals surface area contributed by atoms with E-state index >= 15 is 0 Å². The number of unbranched alkanes of at least 4 members (excludes halogenated alkanes) is 2. The Morgan fingerprint density at radius 3 is 2.80 bits per heavy atom. The van der Waals surface area contributed by atoms with Gasteiger partial charge in [-0.25, -0.2) is 5.84 Å². The van der Waals surface area contributed by atoms with Crippen LogP contribution in [-0.2, 0) is 4.79 Å². The topological polar surface area (TPSA) is 107 Å². The van der Waals surface area contributed by atoms with Crippen molar-refractivity contribution in [3.8, 4) is 5.75 Å². The van der Waals surface area contributed by atoms with E-state index in [1.807, 2.05) is 6.92 Å². The highest BCUT2D eigenvalue weighted by molar-refractivity contribution is 5.75. The van der Waals surface area contributed by atoms with Crippen molar-refractivity contribution in [2.75, 3.05) is 6.61 Å². The molecule has 1 aromatic carbocycles. The van der Waals surface area contributed by atoms with Crippen LogP contribution in [-0.4, -0.2) is 17.4 Å². The van der Waals surface area contributed by atoms with Crippen LogP contribution < -0.4 is 16.0 Å². The number of carbonyl (C=O) groups excluding carboxylic acids is 1. The van der Waals surface area contributed by atoms with Crippen LogP contribution in [0.25, 0.3) is 0 Å². The van der Waals surface area contributed by atoms with Crippen LogP contribution in [0.3, 0.4) is 0 Å². The lowest BCUT2D eigenvalue weighted by molar-refractivity contribution is -0.385. The molecule has 0 atom stereocenters. The van der Waals surface area contributed by atoms with Crippen LogP contribution in [0, 0.1) is 17.0 Å². The van der Waals surface area contributed by atoms with Gasteiger partial charge in [-0.1, -0.05) is 6.07 Å². The maximum Gasteiger partial charge on any atom is 0.310 e. The van der Waals surface area contributed by atoms with Gasteiger partial charge in [-0.3, -0.25) is 20.3 Å². The molecule has 0 aliphatic carbocycles. The number of carbonyl (C=O) groups is 1. The van der Waals surface area contributed by atoms with Gasteiger partial charge < -0.3 is 4.74 Å². The molecule has 0 radical (unpaired) electrons. The Kier molecular flexibility index (Phi) is 6.45. The van der Waals surface area contributed by atoms with E-state index in [4.69, 9.17) is 10.6 Å². The average Bonchev–Trinajstić information content (AvgIpc) is 2.42. The zero-order valence-corrected chi connectivity index (χ0v) is 11.4. The quantitative estimate of drug-likeness (QED) is 0.248. The van der Waals surface area contributed by atoms with Gasteiger partial charge in [0.15, 0.2) is 5.75 Å². The fourth-order valence-corrected chi connectivity index (χ4v) is 1.71. The first-order valence-corrected chi connectivity index (χ1v) is 6.42. The minimum Gasteiger partial charge on any atom is -0.487 e. The molecule has 7 nitrogen and oxygen atoms in total. The van der Waals surface area contributed by atoms with E-state index in [0.29, 0.717) is 19.4 Å². The Bertz CT molecular complexity index is 477. The van der Waals surface area contributed by atoms with Crippen molar-refractivity contribution < 1.29 is 14.5 Å². The van der Waals surface area contributed by atoms with Crippen LogP contribution in [0.2, 0.25) is 0 Å². The molecule has 0 spiro atoms. The number of nitrogens with two attached hydrogens (primary N) is 1. The van der Waals surface area contributed by atoms with Crippen LogP contribution in [0.15, 0.2) is 18.2 Å². The van der Waals surface area contributed by atoms with Gasteiger partial charge in [0.05, 0.1) is 11.5 Å². The second-order valence-electron chi connectivity index (χ2n) is 4.45. The lowest BCUT2D eigenvalue weighted by atomic mass is 10.2. The first-order chi connectivity index (χ1) is 9.54. The van der Waals surface area contributed by atoms with Crippen molar-refractivity contribution in [1.29, 1.82) is 0 Å². The van der Waals surface area contributed by atoms with E-state index < -0.39 is 4.92 Å². The van der Waals surface area contributed by atoms with Crippen LogP contribution >= 0.6 is 0 Å². The largest absolute Gasteiger partial charge is 0.487 e. The minimum absolute atomic E-state index is 0.0295. The van der Waals surface area contributed by atoms with E-state index in [9.17, 15) is 14.9 Å². The first kappa shape index (κ1) is 15.9. The number of rotatable bonds is 8. The number of nitrogens with one attached hydrogen (secondary N) is 1. The van der Waals surface area contributed by atoms with Crippen molar-refractivity contribution in [3.63, 3.8) is 0 Å². The summed E-state index contributed by atoms with van der Waals surface area (Å²) in [5.41, 5.74) is 2.94. The van der Waals surface area contributed by atoms with Gasteiger partial charge in [-0.2, -0.15) is 0 Å². The van der Waals surface area contributed by atoms with Gasteiger partial charge in [0, 0.05) is 12.5 Å².